The highest BCUT2D eigenvalue weighted by Gasteiger charge is 2.18. The van der Waals surface area contributed by atoms with Crippen LogP contribution in [0.2, 0.25) is 0 Å². The van der Waals surface area contributed by atoms with E-state index >= 15 is 0 Å². The Balaban J connectivity index is 1.44. The number of benzene rings is 2. The van der Waals surface area contributed by atoms with E-state index in [4.69, 9.17) is 4.74 Å². The first kappa shape index (κ1) is 16.1. The Hall–Kier alpha value is -2.44. The predicted molar refractivity (Wildman–Crippen MR) is 101 cm³/mol. The summed E-state index contributed by atoms with van der Waals surface area (Å²) < 4.78 is 5.52. The minimum Gasteiger partial charge on any atom is -0.376 e. The smallest absolute Gasteiger partial charge is 0.270 e. The van der Waals surface area contributed by atoms with Crippen molar-refractivity contribution < 1.29 is 9.53 Å². The van der Waals surface area contributed by atoms with Crippen LogP contribution in [0.5, 0.6) is 0 Å². The van der Waals surface area contributed by atoms with E-state index in [1.165, 1.54) is 16.7 Å². The van der Waals surface area contributed by atoms with E-state index in [2.05, 4.69) is 33.8 Å². The number of nitrogens with one attached hydrogen (secondary N) is 2. The zero-order valence-electron chi connectivity index (χ0n) is 13.7. The van der Waals surface area contributed by atoms with Crippen LogP contribution in [-0.4, -0.2) is 30.1 Å². The van der Waals surface area contributed by atoms with Crippen molar-refractivity contribution in [1.82, 2.24) is 10.3 Å². The highest BCUT2D eigenvalue weighted by atomic mass is 32.1. The van der Waals surface area contributed by atoms with Crippen LogP contribution in [0.3, 0.4) is 0 Å². The van der Waals surface area contributed by atoms with Crippen molar-refractivity contribution in [2.45, 2.75) is 18.9 Å². The zero-order chi connectivity index (χ0) is 17.1. The maximum absolute atomic E-state index is 12.2. The molecule has 2 aromatic carbocycles. The second-order valence-electron chi connectivity index (χ2n) is 6.03. The van der Waals surface area contributed by atoms with E-state index in [0.717, 1.165) is 30.5 Å². The number of nitrogens with zero attached hydrogens (tertiary/aromatic N) is 1. The van der Waals surface area contributed by atoms with Gasteiger partial charge in [-0.25, -0.2) is 4.98 Å². The normalized spacial score (nSPS) is 16.9. The van der Waals surface area contributed by atoms with Gasteiger partial charge in [0.1, 0.15) is 5.69 Å². The molecule has 25 heavy (non-hydrogen) atoms. The standard InChI is InChI=1S/C19H19N3O2S/c23-18(20-11-14-7-4-10-24-14)17-12-25-19(22-17)21-16-9-3-6-13-5-1-2-8-15(13)16/h1-3,5-6,8-9,12,14H,4,7,10-11H2,(H,20,23)(H,21,22)/t14-/m0/s1. The molecule has 1 atom stereocenters. The Morgan fingerprint density at radius 1 is 1.24 bits per heavy atom. The highest BCUT2D eigenvalue weighted by molar-refractivity contribution is 7.14. The number of ether oxygens (including phenoxy) is 1. The summed E-state index contributed by atoms with van der Waals surface area (Å²) >= 11 is 1.43. The van der Waals surface area contributed by atoms with Crippen LogP contribution >= 0.6 is 11.3 Å². The maximum Gasteiger partial charge on any atom is 0.270 e. The molecule has 1 amide bonds. The molecular formula is C19H19N3O2S. The van der Waals surface area contributed by atoms with Crippen LogP contribution in [0.15, 0.2) is 47.8 Å². The fraction of sp³-hybridized carbons (Fsp3) is 0.263. The minimum atomic E-state index is -0.155. The van der Waals surface area contributed by atoms with Gasteiger partial charge in [0.15, 0.2) is 5.13 Å². The monoisotopic (exact) mass is 353 g/mol. The predicted octanol–water partition coefficient (Wildman–Crippen LogP) is 3.95. The average Bonchev–Trinajstić information content (AvgIpc) is 3.32. The van der Waals surface area contributed by atoms with Gasteiger partial charge in [0.25, 0.3) is 5.91 Å². The molecule has 128 valence electrons. The van der Waals surface area contributed by atoms with Crippen LogP contribution in [0.1, 0.15) is 23.3 Å². The lowest BCUT2D eigenvalue weighted by atomic mass is 10.1. The fourth-order valence-corrected chi connectivity index (χ4v) is 3.69. The number of fused-ring (bicyclic) bond motifs is 1. The van der Waals surface area contributed by atoms with E-state index in [1.54, 1.807) is 5.38 Å². The van der Waals surface area contributed by atoms with E-state index < -0.39 is 0 Å². The Bertz CT molecular complexity index is 882. The molecule has 0 aliphatic carbocycles. The summed E-state index contributed by atoms with van der Waals surface area (Å²) in [6.07, 6.45) is 2.21. The summed E-state index contributed by atoms with van der Waals surface area (Å²) in [5.74, 6) is -0.155. The Kier molecular flexibility index (Phi) is 4.63. The van der Waals surface area contributed by atoms with E-state index in [1.807, 2.05) is 24.3 Å². The summed E-state index contributed by atoms with van der Waals surface area (Å²) in [7, 11) is 0. The molecule has 1 saturated heterocycles. The van der Waals surface area contributed by atoms with Crippen molar-refractivity contribution in [2.75, 3.05) is 18.5 Å². The first-order chi connectivity index (χ1) is 12.3. The molecule has 0 spiro atoms. The van der Waals surface area contributed by atoms with Gasteiger partial charge in [-0.1, -0.05) is 36.4 Å². The molecule has 4 rings (SSSR count). The van der Waals surface area contributed by atoms with Gasteiger partial charge < -0.3 is 15.4 Å². The topological polar surface area (TPSA) is 63.2 Å². The third kappa shape index (κ3) is 3.65. The van der Waals surface area contributed by atoms with E-state index in [0.29, 0.717) is 17.4 Å². The van der Waals surface area contributed by atoms with Gasteiger partial charge >= 0.3 is 0 Å². The summed E-state index contributed by atoms with van der Waals surface area (Å²) in [6, 6.07) is 14.3. The molecule has 0 unspecified atom stereocenters. The summed E-state index contributed by atoms with van der Waals surface area (Å²) in [6.45, 7) is 1.33. The molecule has 1 aliphatic heterocycles. The summed E-state index contributed by atoms with van der Waals surface area (Å²) in [4.78, 5) is 16.6. The number of hydrogen-bond donors (Lipinski definition) is 2. The molecule has 0 saturated carbocycles. The number of carbonyl (C=O) groups excluding carboxylic acids is 1. The number of aromatic nitrogens is 1. The quantitative estimate of drug-likeness (QED) is 0.729. The Morgan fingerprint density at radius 3 is 3.00 bits per heavy atom. The third-order valence-corrected chi connectivity index (χ3v) is 5.04. The van der Waals surface area contributed by atoms with Crippen LogP contribution in [0.4, 0.5) is 10.8 Å². The maximum atomic E-state index is 12.2. The number of thiazole rings is 1. The van der Waals surface area contributed by atoms with Crippen molar-refractivity contribution >= 4 is 38.8 Å². The third-order valence-electron chi connectivity index (χ3n) is 4.28. The van der Waals surface area contributed by atoms with Gasteiger partial charge in [-0.3, -0.25) is 4.79 Å². The SMILES string of the molecule is O=C(NC[C@@H]1CCCO1)c1csc(Nc2cccc3ccccc23)n1. The van der Waals surface area contributed by atoms with Gasteiger partial charge in [-0.2, -0.15) is 0 Å². The fourth-order valence-electron chi connectivity index (χ4n) is 2.99. The molecule has 1 aliphatic rings. The lowest BCUT2D eigenvalue weighted by molar-refractivity contribution is 0.0854. The van der Waals surface area contributed by atoms with Crippen molar-refractivity contribution in [1.29, 1.82) is 0 Å². The molecule has 2 heterocycles. The molecule has 5 nitrogen and oxygen atoms in total. The highest BCUT2D eigenvalue weighted by Crippen LogP contribution is 2.27. The second-order valence-corrected chi connectivity index (χ2v) is 6.89. The molecule has 3 aromatic rings. The van der Waals surface area contributed by atoms with E-state index in [9.17, 15) is 4.79 Å². The number of anilines is 2. The van der Waals surface area contributed by atoms with Crippen molar-refractivity contribution in [3.63, 3.8) is 0 Å². The van der Waals surface area contributed by atoms with Crippen LogP contribution in [0, 0.1) is 0 Å². The van der Waals surface area contributed by atoms with Gasteiger partial charge in [-0.05, 0) is 24.3 Å². The number of rotatable bonds is 5. The minimum absolute atomic E-state index is 0.135. The number of amides is 1. The first-order valence-corrected chi connectivity index (χ1v) is 9.28. The van der Waals surface area contributed by atoms with Crippen molar-refractivity contribution in [3.05, 3.63) is 53.5 Å². The number of carbonyl (C=O) groups is 1. The first-order valence-electron chi connectivity index (χ1n) is 8.40. The van der Waals surface area contributed by atoms with Crippen molar-refractivity contribution in [3.8, 4) is 0 Å². The lowest BCUT2D eigenvalue weighted by Crippen LogP contribution is -2.31. The van der Waals surface area contributed by atoms with Crippen LogP contribution < -0.4 is 10.6 Å². The van der Waals surface area contributed by atoms with Crippen molar-refractivity contribution in [2.24, 2.45) is 0 Å². The summed E-state index contributed by atoms with van der Waals surface area (Å²) in [5, 5.41) is 11.0. The lowest BCUT2D eigenvalue weighted by Gasteiger charge is -2.09. The van der Waals surface area contributed by atoms with Crippen LogP contribution in [-0.2, 0) is 4.74 Å². The van der Waals surface area contributed by atoms with Gasteiger partial charge in [0.2, 0.25) is 0 Å². The molecule has 2 N–H and O–H groups in total. The molecule has 0 radical (unpaired) electrons. The average molecular weight is 353 g/mol. The molecular weight excluding hydrogens is 334 g/mol. The largest absolute Gasteiger partial charge is 0.376 e. The van der Waals surface area contributed by atoms with E-state index in [-0.39, 0.29) is 12.0 Å². The molecule has 1 fully saturated rings. The Morgan fingerprint density at radius 2 is 2.12 bits per heavy atom. The van der Waals surface area contributed by atoms with Crippen LogP contribution in [0.25, 0.3) is 10.8 Å². The Labute approximate surface area is 150 Å². The van der Waals surface area contributed by atoms with Gasteiger partial charge in [0.05, 0.1) is 6.10 Å². The van der Waals surface area contributed by atoms with Gasteiger partial charge in [-0.15, -0.1) is 11.3 Å². The van der Waals surface area contributed by atoms with Gasteiger partial charge in [0, 0.05) is 29.6 Å². The molecule has 6 heteroatoms. The zero-order valence-corrected chi connectivity index (χ0v) is 14.5. The molecule has 0 bridgehead atoms. The molecule has 1 aromatic heterocycles. The summed E-state index contributed by atoms with van der Waals surface area (Å²) in [5.41, 5.74) is 1.42. The second kappa shape index (κ2) is 7.21. The number of hydrogen-bond acceptors (Lipinski definition) is 5.